The Bertz CT molecular complexity index is 374. The molecule has 0 unspecified atom stereocenters. The lowest BCUT2D eigenvalue weighted by Crippen LogP contribution is -2.04. The Kier molecular flexibility index (Phi) is 3.02. The van der Waals surface area contributed by atoms with Crippen LogP contribution in [-0.4, -0.2) is 10.8 Å². The number of halogens is 2. The maximum Gasteiger partial charge on any atom is 0.182 e. The Hall–Kier alpha value is -0.220. The molecular formula is C10H9Br2NO. The van der Waals surface area contributed by atoms with Crippen LogP contribution in [0.5, 0.6) is 0 Å². The molecule has 0 amide bonds. The first kappa shape index (κ1) is 10.3. The van der Waals surface area contributed by atoms with Crippen LogP contribution >= 0.6 is 31.9 Å². The molecule has 14 heavy (non-hydrogen) atoms. The summed E-state index contributed by atoms with van der Waals surface area (Å²) in [5, 5.41) is 0. The van der Waals surface area contributed by atoms with Gasteiger partial charge in [-0.2, -0.15) is 0 Å². The van der Waals surface area contributed by atoms with E-state index < -0.39 is 0 Å². The van der Waals surface area contributed by atoms with Crippen LogP contribution in [0.3, 0.4) is 0 Å². The lowest BCUT2D eigenvalue weighted by Gasteiger charge is -2.01. The molecule has 0 radical (unpaired) electrons. The fourth-order valence-electron chi connectivity index (χ4n) is 1.30. The third kappa shape index (κ3) is 2.42. The third-order valence-corrected chi connectivity index (χ3v) is 3.28. The van der Waals surface area contributed by atoms with Gasteiger partial charge in [0.2, 0.25) is 0 Å². The molecule has 0 atom stereocenters. The summed E-state index contributed by atoms with van der Waals surface area (Å²) >= 11 is 6.65. The first-order valence-corrected chi connectivity index (χ1v) is 6.09. The molecule has 1 aliphatic rings. The minimum atomic E-state index is 0.145. The van der Waals surface area contributed by atoms with E-state index >= 15 is 0 Å². The molecule has 0 N–H and O–H groups in total. The van der Waals surface area contributed by atoms with E-state index in [1.807, 2.05) is 6.07 Å². The van der Waals surface area contributed by atoms with Gasteiger partial charge in [-0.15, -0.1) is 0 Å². The van der Waals surface area contributed by atoms with Gasteiger partial charge in [0.05, 0.1) is 0 Å². The van der Waals surface area contributed by atoms with Crippen molar-refractivity contribution in [1.82, 2.24) is 4.98 Å². The van der Waals surface area contributed by atoms with Crippen molar-refractivity contribution in [2.75, 3.05) is 0 Å². The van der Waals surface area contributed by atoms with Gasteiger partial charge in [-0.3, -0.25) is 9.78 Å². The number of Topliss-reactive ketones (excluding diaryl/α,β-unsaturated/α-hetero) is 1. The van der Waals surface area contributed by atoms with Gasteiger partial charge in [-0.25, -0.2) is 0 Å². The van der Waals surface area contributed by atoms with Gasteiger partial charge in [-0.1, -0.05) is 0 Å². The van der Waals surface area contributed by atoms with E-state index in [9.17, 15) is 4.79 Å². The zero-order valence-electron chi connectivity index (χ0n) is 7.46. The molecule has 1 aliphatic carbocycles. The van der Waals surface area contributed by atoms with Gasteiger partial charge in [0.15, 0.2) is 5.78 Å². The SMILES string of the molecule is O=C(CC1CC1)c1ncc(Br)cc1Br. The number of hydrogen-bond donors (Lipinski definition) is 0. The van der Waals surface area contributed by atoms with Crippen LogP contribution in [0.15, 0.2) is 21.2 Å². The molecular weight excluding hydrogens is 310 g/mol. The van der Waals surface area contributed by atoms with E-state index in [4.69, 9.17) is 0 Å². The Labute approximate surface area is 99.4 Å². The molecule has 74 valence electrons. The van der Waals surface area contributed by atoms with Gasteiger partial charge >= 0.3 is 0 Å². The van der Waals surface area contributed by atoms with Crippen LogP contribution in [0.4, 0.5) is 0 Å². The minimum absolute atomic E-state index is 0.145. The highest BCUT2D eigenvalue weighted by atomic mass is 79.9. The molecule has 0 aliphatic heterocycles. The van der Waals surface area contributed by atoms with Crippen LogP contribution in [0.1, 0.15) is 29.8 Å². The van der Waals surface area contributed by atoms with Crippen molar-refractivity contribution in [3.05, 3.63) is 26.9 Å². The summed E-state index contributed by atoms with van der Waals surface area (Å²) in [5.41, 5.74) is 0.556. The first-order valence-electron chi connectivity index (χ1n) is 4.51. The molecule has 1 heterocycles. The lowest BCUT2D eigenvalue weighted by atomic mass is 10.1. The van der Waals surface area contributed by atoms with Gasteiger partial charge in [-0.05, 0) is 56.7 Å². The first-order chi connectivity index (χ1) is 6.66. The molecule has 0 spiro atoms. The van der Waals surface area contributed by atoms with Gasteiger partial charge in [0.25, 0.3) is 0 Å². The van der Waals surface area contributed by atoms with E-state index in [-0.39, 0.29) is 5.78 Å². The monoisotopic (exact) mass is 317 g/mol. The molecule has 1 fully saturated rings. The molecule has 1 saturated carbocycles. The number of hydrogen-bond acceptors (Lipinski definition) is 2. The molecule has 0 aromatic carbocycles. The highest BCUT2D eigenvalue weighted by Crippen LogP contribution is 2.34. The van der Waals surface area contributed by atoms with E-state index in [1.54, 1.807) is 6.20 Å². The summed E-state index contributed by atoms with van der Waals surface area (Å²) < 4.78 is 1.66. The molecule has 2 nitrogen and oxygen atoms in total. The van der Waals surface area contributed by atoms with Crippen LogP contribution in [0.25, 0.3) is 0 Å². The van der Waals surface area contributed by atoms with Crippen LogP contribution in [0, 0.1) is 5.92 Å². The Morgan fingerprint density at radius 2 is 2.21 bits per heavy atom. The minimum Gasteiger partial charge on any atom is -0.292 e. The number of carbonyl (C=O) groups excluding carboxylic acids is 1. The Morgan fingerprint density at radius 1 is 1.50 bits per heavy atom. The average Bonchev–Trinajstić information content (AvgIpc) is 2.87. The van der Waals surface area contributed by atoms with E-state index in [1.165, 1.54) is 12.8 Å². The van der Waals surface area contributed by atoms with E-state index in [2.05, 4.69) is 36.8 Å². The highest BCUT2D eigenvalue weighted by molar-refractivity contribution is 9.11. The van der Waals surface area contributed by atoms with Gasteiger partial charge in [0, 0.05) is 21.6 Å². The zero-order valence-corrected chi connectivity index (χ0v) is 10.6. The molecule has 0 saturated heterocycles. The van der Waals surface area contributed by atoms with Crippen molar-refractivity contribution in [2.24, 2.45) is 5.92 Å². The summed E-state index contributed by atoms with van der Waals surface area (Å²) in [4.78, 5) is 15.8. The maximum absolute atomic E-state index is 11.7. The van der Waals surface area contributed by atoms with Crippen molar-refractivity contribution in [3.63, 3.8) is 0 Å². The summed E-state index contributed by atoms with van der Waals surface area (Å²) in [6, 6.07) is 1.85. The average molecular weight is 319 g/mol. The van der Waals surface area contributed by atoms with Crippen molar-refractivity contribution >= 4 is 37.6 Å². The number of aromatic nitrogens is 1. The van der Waals surface area contributed by atoms with Crippen LogP contribution < -0.4 is 0 Å². The van der Waals surface area contributed by atoms with E-state index in [0.717, 1.165) is 8.95 Å². The molecule has 1 aromatic rings. The second kappa shape index (κ2) is 4.11. The maximum atomic E-state index is 11.7. The highest BCUT2D eigenvalue weighted by Gasteiger charge is 2.26. The lowest BCUT2D eigenvalue weighted by molar-refractivity contribution is 0.0970. The van der Waals surface area contributed by atoms with Crippen molar-refractivity contribution in [1.29, 1.82) is 0 Å². The largest absolute Gasteiger partial charge is 0.292 e. The smallest absolute Gasteiger partial charge is 0.182 e. The quantitative estimate of drug-likeness (QED) is 0.797. The number of nitrogens with zero attached hydrogens (tertiary/aromatic N) is 1. The fraction of sp³-hybridized carbons (Fsp3) is 0.400. The van der Waals surface area contributed by atoms with E-state index in [0.29, 0.717) is 18.0 Å². The van der Waals surface area contributed by atoms with Crippen LogP contribution in [0.2, 0.25) is 0 Å². The summed E-state index contributed by atoms with van der Waals surface area (Å²) in [7, 11) is 0. The number of carbonyl (C=O) groups is 1. The van der Waals surface area contributed by atoms with Crippen molar-refractivity contribution in [2.45, 2.75) is 19.3 Å². The Balaban J connectivity index is 2.17. The standard InChI is InChI=1S/C10H9Br2NO/c11-7-4-8(12)10(13-5-7)9(14)3-6-1-2-6/h4-6H,1-3H2. The van der Waals surface area contributed by atoms with Gasteiger partial charge in [0.1, 0.15) is 5.69 Å². The third-order valence-electron chi connectivity index (χ3n) is 2.24. The predicted molar refractivity (Wildman–Crippen MR) is 61.3 cm³/mol. The Morgan fingerprint density at radius 3 is 2.79 bits per heavy atom. The summed E-state index contributed by atoms with van der Waals surface area (Å²) in [6.07, 6.45) is 4.69. The molecule has 0 bridgehead atoms. The second-order valence-corrected chi connectivity index (χ2v) is 5.32. The number of rotatable bonds is 3. The fourth-order valence-corrected chi connectivity index (χ4v) is 2.51. The second-order valence-electron chi connectivity index (χ2n) is 3.55. The molecule has 2 rings (SSSR count). The van der Waals surface area contributed by atoms with Crippen molar-refractivity contribution < 1.29 is 4.79 Å². The van der Waals surface area contributed by atoms with Crippen LogP contribution in [-0.2, 0) is 0 Å². The normalized spacial score (nSPS) is 15.6. The molecule has 1 aromatic heterocycles. The predicted octanol–water partition coefficient (Wildman–Crippen LogP) is 3.59. The van der Waals surface area contributed by atoms with Crippen molar-refractivity contribution in [3.8, 4) is 0 Å². The zero-order chi connectivity index (χ0) is 10.1. The number of ketones is 1. The molecule has 4 heteroatoms. The summed E-state index contributed by atoms with van der Waals surface area (Å²) in [6.45, 7) is 0. The number of pyridine rings is 1. The van der Waals surface area contributed by atoms with Gasteiger partial charge < -0.3 is 0 Å². The summed E-state index contributed by atoms with van der Waals surface area (Å²) in [5.74, 6) is 0.756. The topological polar surface area (TPSA) is 30.0 Å².